The summed E-state index contributed by atoms with van der Waals surface area (Å²) in [5, 5.41) is 6.71. The highest BCUT2D eigenvalue weighted by Gasteiger charge is 2.18. The lowest BCUT2D eigenvalue weighted by Crippen LogP contribution is -2.31. The normalized spacial score (nSPS) is 9.86. The third kappa shape index (κ3) is 3.89. The van der Waals surface area contributed by atoms with Gasteiger partial charge in [0.1, 0.15) is 5.00 Å². The van der Waals surface area contributed by atoms with Crippen molar-refractivity contribution in [3.63, 3.8) is 0 Å². The van der Waals surface area contributed by atoms with Crippen LogP contribution in [0, 0.1) is 0 Å². The number of ether oxygens (including phenoxy) is 1. The van der Waals surface area contributed by atoms with Crippen molar-refractivity contribution in [2.75, 3.05) is 11.9 Å². The average molecular weight is 319 g/mol. The molecule has 0 unspecified atom stereocenters. The molecule has 0 saturated heterocycles. The molecule has 0 aromatic carbocycles. The Bertz CT molecular complexity index is 684. The molecule has 22 heavy (non-hydrogen) atoms. The summed E-state index contributed by atoms with van der Waals surface area (Å²) in [6.07, 6.45) is 2.17. The van der Waals surface area contributed by atoms with Crippen molar-refractivity contribution in [2.45, 2.75) is 6.92 Å². The number of amides is 3. The summed E-state index contributed by atoms with van der Waals surface area (Å²) in [7, 11) is 0. The van der Waals surface area contributed by atoms with Gasteiger partial charge in [-0.1, -0.05) is 0 Å². The van der Waals surface area contributed by atoms with E-state index in [1.165, 1.54) is 29.8 Å². The first-order chi connectivity index (χ1) is 10.6. The largest absolute Gasteiger partial charge is 0.450 e. The Morgan fingerprint density at radius 2 is 1.91 bits per heavy atom. The molecule has 0 aliphatic heterocycles. The molecule has 114 valence electrons. The van der Waals surface area contributed by atoms with Gasteiger partial charge < -0.3 is 10.1 Å². The van der Waals surface area contributed by atoms with Crippen LogP contribution in [0.15, 0.2) is 36.0 Å². The van der Waals surface area contributed by atoms with Crippen LogP contribution in [0.3, 0.4) is 0 Å². The van der Waals surface area contributed by atoms with Gasteiger partial charge in [0.15, 0.2) is 0 Å². The van der Waals surface area contributed by atoms with Crippen LogP contribution in [0.4, 0.5) is 9.80 Å². The molecule has 0 aliphatic carbocycles. The summed E-state index contributed by atoms with van der Waals surface area (Å²) in [5.74, 6) is -1.00. The van der Waals surface area contributed by atoms with Gasteiger partial charge in [-0.15, -0.1) is 11.3 Å². The molecule has 0 radical (unpaired) electrons. The van der Waals surface area contributed by atoms with Crippen molar-refractivity contribution >= 4 is 34.2 Å². The molecule has 0 fully saturated rings. The van der Waals surface area contributed by atoms with Crippen molar-refractivity contribution in [1.29, 1.82) is 0 Å². The Balaban J connectivity index is 2.08. The van der Waals surface area contributed by atoms with Crippen LogP contribution in [0.25, 0.3) is 0 Å². The van der Waals surface area contributed by atoms with Crippen molar-refractivity contribution in [1.82, 2.24) is 10.3 Å². The van der Waals surface area contributed by atoms with Crippen LogP contribution in [0.2, 0.25) is 0 Å². The Morgan fingerprint density at radius 3 is 2.59 bits per heavy atom. The second-order valence-electron chi connectivity index (χ2n) is 4.03. The maximum atomic E-state index is 12.1. The standard InChI is InChI=1S/C14H13N3O4S/c1-2-21-14(20)17-12(19)10-5-8-22-13(10)16-11(18)9-3-6-15-7-4-9/h3-8H,2H2,1H3,(H,16,18)(H,17,19,20). The first kappa shape index (κ1) is 15.6. The molecule has 2 aromatic rings. The summed E-state index contributed by atoms with van der Waals surface area (Å²) >= 11 is 1.18. The number of rotatable bonds is 4. The molecule has 2 N–H and O–H groups in total. The number of carbonyl (C=O) groups excluding carboxylic acids is 3. The van der Waals surface area contributed by atoms with Gasteiger partial charge in [0, 0.05) is 18.0 Å². The maximum absolute atomic E-state index is 12.1. The Kier molecular flexibility index (Phi) is 5.21. The highest BCUT2D eigenvalue weighted by molar-refractivity contribution is 7.14. The van der Waals surface area contributed by atoms with E-state index in [2.05, 4.69) is 20.4 Å². The fourth-order valence-electron chi connectivity index (χ4n) is 1.59. The molecule has 0 spiro atoms. The van der Waals surface area contributed by atoms with Gasteiger partial charge in [0.25, 0.3) is 11.8 Å². The van der Waals surface area contributed by atoms with Crippen molar-refractivity contribution in [2.24, 2.45) is 0 Å². The Morgan fingerprint density at radius 1 is 1.18 bits per heavy atom. The minimum atomic E-state index is -0.829. The van der Waals surface area contributed by atoms with Crippen LogP contribution in [-0.2, 0) is 4.74 Å². The number of alkyl carbamates (subject to hydrolysis) is 1. The number of imide groups is 1. The number of pyridine rings is 1. The Labute approximate surface area is 130 Å². The molecule has 0 atom stereocenters. The highest BCUT2D eigenvalue weighted by Crippen LogP contribution is 2.23. The summed E-state index contributed by atoms with van der Waals surface area (Å²) < 4.78 is 4.64. The van der Waals surface area contributed by atoms with Crippen LogP contribution in [-0.4, -0.2) is 29.5 Å². The maximum Gasteiger partial charge on any atom is 0.414 e. The van der Waals surface area contributed by atoms with Gasteiger partial charge in [0.2, 0.25) is 0 Å². The minimum Gasteiger partial charge on any atom is -0.450 e. The third-order valence-electron chi connectivity index (χ3n) is 2.57. The van der Waals surface area contributed by atoms with E-state index in [9.17, 15) is 14.4 Å². The molecule has 0 saturated carbocycles. The molecule has 2 heterocycles. The number of hydrogen-bond acceptors (Lipinski definition) is 6. The molecule has 2 aromatic heterocycles. The van der Waals surface area contributed by atoms with Crippen LogP contribution >= 0.6 is 11.3 Å². The van der Waals surface area contributed by atoms with Gasteiger partial charge in [0.05, 0.1) is 12.2 Å². The topological polar surface area (TPSA) is 97.4 Å². The van der Waals surface area contributed by atoms with Crippen molar-refractivity contribution < 1.29 is 19.1 Å². The SMILES string of the molecule is CCOC(=O)NC(=O)c1ccsc1NC(=O)c1ccncc1. The molecule has 0 aliphatic rings. The summed E-state index contributed by atoms with van der Waals surface area (Å²) in [6, 6.07) is 4.63. The van der Waals surface area contributed by atoms with E-state index >= 15 is 0 Å². The lowest BCUT2D eigenvalue weighted by Gasteiger charge is -2.07. The van der Waals surface area contributed by atoms with Gasteiger partial charge in [-0.05, 0) is 30.5 Å². The minimum absolute atomic E-state index is 0.161. The third-order valence-corrected chi connectivity index (χ3v) is 3.40. The van der Waals surface area contributed by atoms with Crippen molar-refractivity contribution in [3.05, 3.63) is 47.1 Å². The van der Waals surface area contributed by atoms with Crippen molar-refractivity contribution in [3.8, 4) is 0 Å². The predicted octanol–water partition coefficient (Wildman–Crippen LogP) is 2.28. The zero-order valence-corrected chi connectivity index (χ0v) is 12.5. The monoisotopic (exact) mass is 319 g/mol. The molecule has 0 bridgehead atoms. The van der Waals surface area contributed by atoms with E-state index in [0.717, 1.165) is 0 Å². The van der Waals surface area contributed by atoms with Crippen LogP contribution in [0.1, 0.15) is 27.6 Å². The van der Waals surface area contributed by atoms with E-state index in [1.54, 1.807) is 24.4 Å². The van der Waals surface area contributed by atoms with E-state index < -0.39 is 12.0 Å². The number of carbonyl (C=O) groups is 3. The zero-order chi connectivity index (χ0) is 15.9. The molecular weight excluding hydrogens is 306 g/mol. The van der Waals surface area contributed by atoms with E-state index in [0.29, 0.717) is 10.6 Å². The summed E-state index contributed by atoms with van der Waals surface area (Å²) in [6.45, 7) is 1.80. The lowest BCUT2D eigenvalue weighted by atomic mass is 10.2. The molecular formula is C14H13N3O4S. The fraction of sp³-hybridized carbons (Fsp3) is 0.143. The number of anilines is 1. The van der Waals surface area contributed by atoms with E-state index in [1.807, 2.05) is 0 Å². The predicted molar refractivity (Wildman–Crippen MR) is 81.0 cm³/mol. The second-order valence-corrected chi connectivity index (χ2v) is 4.94. The Hall–Kier alpha value is -2.74. The van der Waals surface area contributed by atoms with Crippen LogP contribution in [0.5, 0.6) is 0 Å². The van der Waals surface area contributed by atoms with Crippen LogP contribution < -0.4 is 10.6 Å². The van der Waals surface area contributed by atoms with E-state index in [-0.39, 0.29) is 18.1 Å². The average Bonchev–Trinajstić information content (AvgIpc) is 2.96. The number of hydrogen-bond donors (Lipinski definition) is 2. The number of nitrogens with zero attached hydrogens (tertiary/aromatic N) is 1. The number of nitrogens with one attached hydrogen (secondary N) is 2. The number of thiophene rings is 1. The zero-order valence-electron chi connectivity index (χ0n) is 11.7. The molecule has 3 amide bonds. The molecule has 2 rings (SSSR count). The van der Waals surface area contributed by atoms with Gasteiger partial charge in [-0.3, -0.25) is 19.9 Å². The fourth-order valence-corrected chi connectivity index (χ4v) is 2.37. The lowest BCUT2D eigenvalue weighted by molar-refractivity contribution is 0.0926. The van der Waals surface area contributed by atoms with Gasteiger partial charge in [-0.2, -0.15) is 0 Å². The van der Waals surface area contributed by atoms with Gasteiger partial charge >= 0.3 is 6.09 Å². The smallest absolute Gasteiger partial charge is 0.414 e. The summed E-state index contributed by atoms with van der Waals surface area (Å²) in [4.78, 5) is 39.1. The van der Waals surface area contributed by atoms with Gasteiger partial charge in [-0.25, -0.2) is 4.79 Å². The van der Waals surface area contributed by atoms with E-state index in [4.69, 9.17) is 0 Å². The molecule has 8 heteroatoms. The summed E-state index contributed by atoms with van der Waals surface area (Å²) in [5.41, 5.74) is 0.612. The second kappa shape index (κ2) is 7.32. The highest BCUT2D eigenvalue weighted by atomic mass is 32.1. The quantitative estimate of drug-likeness (QED) is 0.901. The molecule has 7 nitrogen and oxygen atoms in total. The number of aromatic nitrogens is 1. The first-order valence-corrected chi connectivity index (χ1v) is 7.26. The first-order valence-electron chi connectivity index (χ1n) is 6.38.